The molecule has 1 aromatic rings. The number of halogens is 1. The summed E-state index contributed by atoms with van der Waals surface area (Å²) in [5.74, 6) is 0.0380. The highest BCUT2D eigenvalue weighted by atomic mass is 79.9. The van der Waals surface area contributed by atoms with Crippen LogP contribution in [0.2, 0.25) is 0 Å². The zero-order valence-corrected chi connectivity index (χ0v) is 9.67. The fourth-order valence-electron chi connectivity index (χ4n) is 1.10. The van der Waals surface area contributed by atoms with Crippen LogP contribution in [0, 0.1) is 0 Å². The molecule has 0 amide bonds. The molecule has 14 heavy (non-hydrogen) atoms. The number of carbonyl (C=O) groups excluding carboxylic acids is 2. The second kappa shape index (κ2) is 4.51. The van der Waals surface area contributed by atoms with Gasteiger partial charge in [-0.05, 0) is 13.8 Å². The lowest BCUT2D eigenvalue weighted by molar-refractivity contribution is 0.0990. The van der Waals surface area contributed by atoms with Gasteiger partial charge >= 0.3 is 0 Å². The highest BCUT2D eigenvalue weighted by Crippen LogP contribution is 2.11. The zero-order valence-electron chi connectivity index (χ0n) is 8.08. The Hall–Kier alpha value is -0.960. The van der Waals surface area contributed by atoms with E-state index in [2.05, 4.69) is 15.9 Å². The van der Waals surface area contributed by atoms with Crippen LogP contribution in [0.5, 0.6) is 0 Å². The zero-order chi connectivity index (χ0) is 10.7. The molecule has 0 saturated carbocycles. The van der Waals surface area contributed by atoms with Crippen molar-refractivity contribution >= 4 is 27.5 Å². The van der Waals surface area contributed by atoms with E-state index in [1.807, 2.05) is 0 Å². The molecule has 0 aliphatic heterocycles. The quantitative estimate of drug-likeness (QED) is 0.614. The molecule has 0 saturated heterocycles. The van der Waals surface area contributed by atoms with E-state index < -0.39 is 0 Å². The summed E-state index contributed by atoms with van der Waals surface area (Å²) in [5, 5.41) is 0. The summed E-state index contributed by atoms with van der Waals surface area (Å²) < 4.78 is 0. The lowest BCUT2D eigenvalue weighted by Crippen LogP contribution is -2.09. The first kappa shape index (κ1) is 11.1. The smallest absolute Gasteiger partial charge is 0.176 e. The molecule has 0 heterocycles. The van der Waals surface area contributed by atoms with E-state index in [9.17, 15) is 9.59 Å². The van der Waals surface area contributed by atoms with Crippen LogP contribution < -0.4 is 0 Å². The average Bonchev–Trinajstić information content (AvgIpc) is 2.16. The third-order valence-electron chi connectivity index (χ3n) is 1.94. The van der Waals surface area contributed by atoms with Crippen LogP contribution in [0.1, 0.15) is 34.6 Å². The molecule has 0 radical (unpaired) electrons. The Morgan fingerprint density at radius 2 is 1.57 bits per heavy atom. The third-order valence-corrected chi connectivity index (χ3v) is 2.35. The maximum Gasteiger partial charge on any atom is 0.176 e. The summed E-state index contributed by atoms with van der Waals surface area (Å²) in [5.41, 5.74) is 1.25. The van der Waals surface area contributed by atoms with E-state index in [1.54, 1.807) is 31.2 Å². The SMILES string of the molecule is CC(=O)c1ccc(C(=O)C(C)Br)cc1. The lowest BCUT2D eigenvalue weighted by Gasteiger charge is -2.02. The molecule has 1 atom stereocenters. The third kappa shape index (κ3) is 2.51. The molecule has 0 N–H and O–H groups in total. The summed E-state index contributed by atoms with van der Waals surface area (Å²) >= 11 is 3.21. The summed E-state index contributed by atoms with van der Waals surface area (Å²) in [6.45, 7) is 3.28. The van der Waals surface area contributed by atoms with Crippen molar-refractivity contribution in [2.45, 2.75) is 18.7 Å². The van der Waals surface area contributed by atoms with Crippen molar-refractivity contribution in [1.29, 1.82) is 0 Å². The minimum absolute atomic E-state index is 0.0101. The highest BCUT2D eigenvalue weighted by molar-refractivity contribution is 9.10. The summed E-state index contributed by atoms with van der Waals surface area (Å²) in [7, 11) is 0. The Labute approximate surface area is 91.4 Å². The van der Waals surface area contributed by atoms with Gasteiger partial charge in [0.2, 0.25) is 0 Å². The lowest BCUT2D eigenvalue weighted by atomic mass is 10.1. The fourth-order valence-corrected chi connectivity index (χ4v) is 1.36. The minimum atomic E-state index is -0.189. The van der Waals surface area contributed by atoms with E-state index in [-0.39, 0.29) is 16.4 Å². The van der Waals surface area contributed by atoms with Gasteiger partial charge in [0, 0.05) is 11.1 Å². The Bertz CT molecular complexity index is 352. The molecule has 1 aromatic carbocycles. The maximum atomic E-state index is 11.5. The average molecular weight is 255 g/mol. The van der Waals surface area contributed by atoms with Crippen molar-refractivity contribution in [2.75, 3.05) is 0 Å². The van der Waals surface area contributed by atoms with Crippen LogP contribution in [0.15, 0.2) is 24.3 Å². The highest BCUT2D eigenvalue weighted by Gasteiger charge is 2.11. The normalized spacial score (nSPS) is 12.2. The Kier molecular flexibility index (Phi) is 3.58. The van der Waals surface area contributed by atoms with Crippen LogP contribution in [0.25, 0.3) is 0 Å². The fraction of sp³-hybridized carbons (Fsp3) is 0.273. The number of hydrogen-bond acceptors (Lipinski definition) is 2. The molecular weight excluding hydrogens is 244 g/mol. The number of Topliss-reactive ketones (excluding diaryl/α,β-unsaturated/α-hetero) is 2. The minimum Gasteiger partial charge on any atom is -0.295 e. The Morgan fingerprint density at radius 1 is 1.14 bits per heavy atom. The Morgan fingerprint density at radius 3 is 1.93 bits per heavy atom. The standard InChI is InChI=1S/C11H11BrO2/c1-7(12)11(14)10-5-3-9(4-6-10)8(2)13/h3-7H,1-2H3. The molecule has 0 fully saturated rings. The summed E-state index contributed by atoms with van der Waals surface area (Å²) in [4.78, 5) is 22.3. The van der Waals surface area contributed by atoms with Crippen LogP contribution >= 0.6 is 15.9 Å². The molecule has 0 aliphatic carbocycles. The van der Waals surface area contributed by atoms with E-state index in [0.29, 0.717) is 11.1 Å². The first-order valence-corrected chi connectivity index (χ1v) is 5.23. The van der Waals surface area contributed by atoms with Crippen molar-refractivity contribution < 1.29 is 9.59 Å². The molecule has 3 heteroatoms. The molecular formula is C11H11BrO2. The van der Waals surface area contributed by atoms with Gasteiger partial charge in [0.05, 0.1) is 4.83 Å². The molecule has 2 nitrogen and oxygen atoms in total. The van der Waals surface area contributed by atoms with Gasteiger partial charge in [0.1, 0.15) is 0 Å². The molecule has 0 aliphatic rings. The van der Waals surface area contributed by atoms with Crippen molar-refractivity contribution in [3.8, 4) is 0 Å². The first-order chi connectivity index (χ1) is 6.52. The second-order valence-electron chi connectivity index (χ2n) is 3.11. The number of hydrogen-bond donors (Lipinski definition) is 0. The molecule has 1 unspecified atom stereocenters. The van der Waals surface area contributed by atoms with E-state index in [0.717, 1.165) is 0 Å². The molecule has 0 aromatic heterocycles. The van der Waals surface area contributed by atoms with Crippen LogP contribution in [-0.4, -0.2) is 16.4 Å². The van der Waals surface area contributed by atoms with E-state index >= 15 is 0 Å². The Balaban J connectivity index is 2.94. The summed E-state index contributed by atoms with van der Waals surface area (Å²) in [6, 6.07) is 6.70. The van der Waals surface area contributed by atoms with Gasteiger partial charge in [-0.25, -0.2) is 0 Å². The van der Waals surface area contributed by atoms with Crippen molar-refractivity contribution in [1.82, 2.24) is 0 Å². The molecule has 74 valence electrons. The van der Waals surface area contributed by atoms with Crippen molar-refractivity contribution in [3.05, 3.63) is 35.4 Å². The second-order valence-corrected chi connectivity index (χ2v) is 4.49. The number of alkyl halides is 1. The van der Waals surface area contributed by atoms with Crippen LogP contribution in [-0.2, 0) is 0 Å². The molecule has 0 bridgehead atoms. The topological polar surface area (TPSA) is 34.1 Å². The maximum absolute atomic E-state index is 11.5. The monoisotopic (exact) mass is 254 g/mol. The number of rotatable bonds is 3. The van der Waals surface area contributed by atoms with Crippen molar-refractivity contribution in [3.63, 3.8) is 0 Å². The van der Waals surface area contributed by atoms with Gasteiger partial charge in [-0.3, -0.25) is 9.59 Å². The number of carbonyl (C=O) groups is 2. The number of benzene rings is 1. The van der Waals surface area contributed by atoms with Crippen LogP contribution in [0.3, 0.4) is 0 Å². The van der Waals surface area contributed by atoms with Gasteiger partial charge in [-0.15, -0.1) is 0 Å². The van der Waals surface area contributed by atoms with Gasteiger partial charge in [-0.2, -0.15) is 0 Å². The number of ketones is 2. The molecule has 1 rings (SSSR count). The first-order valence-electron chi connectivity index (χ1n) is 4.31. The van der Waals surface area contributed by atoms with Gasteiger partial charge in [0.25, 0.3) is 0 Å². The largest absolute Gasteiger partial charge is 0.295 e. The van der Waals surface area contributed by atoms with E-state index in [4.69, 9.17) is 0 Å². The van der Waals surface area contributed by atoms with Crippen LogP contribution in [0.4, 0.5) is 0 Å². The van der Waals surface area contributed by atoms with E-state index in [1.165, 1.54) is 6.92 Å². The van der Waals surface area contributed by atoms with Gasteiger partial charge in [0.15, 0.2) is 11.6 Å². The predicted octanol–water partition coefficient (Wildman–Crippen LogP) is 2.86. The predicted molar refractivity (Wildman–Crippen MR) is 59.2 cm³/mol. The molecule has 0 spiro atoms. The summed E-state index contributed by atoms with van der Waals surface area (Å²) in [6.07, 6.45) is 0. The van der Waals surface area contributed by atoms with Gasteiger partial charge in [-0.1, -0.05) is 40.2 Å². The van der Waals surface area contributed by atoms with Crippen molar-refractivity contribution in [2.24, 2.45) is 0 Å². The van der Waals surface area contributed by atoms with Gasteiger partial charge < -0.3 is 0 Å².